The lowest BCUT2D eigenvalue weighted by Gasteiger charge is -2.12. The molecule has 1 unspecified atom stereocenters. The van der Waals surface area contributed by atoms with Crippen LogP contribution in [0.4, 0.5) is 0 Å². The lowest BCUT2D eigenvalue weighted by Crippen LogP contribution is -2.06. The van der Waals surface area contributed by atoms with E-state index < -0.39 is 6.10 Å². The zero-order valence-electron chi connectivity index (χ0n) is 10.5. The maximum absolute atomic E-state index is 10.3. The Morgan fingerprint density at radius 3 is 2.68 bits per heavy atom. The average Bonchev–Trinajstić information content (AvgIpc) is 2.78. The SMILES string of the molecule is Cn1c(C(O)c2ccc(Cl)cc2)cnc1SCCO. The molecule has 2 aromatic rings. The molecule has 1 aromatic heterocycles. The van der Waals surface area contributed by atoms with E-state index in [0.29, 0.717) is 16.5 Å². The molecule has 0 aliphatic heterocycles. The Morgan fingerprint density at radius 2 is 2.05 bits per heavy atom. The minimum absolute atomic E-state index is 0.104. The quantitative estimate of drug-likeness (QED) is 0.831. The number of aliphatic hydroxyl groups is 2. The summed E-state index contributed by atoms with van der Waals surface area (Å²) in [4.78, 5) is 4.25. The van der Waals surface area contributed by atoms with Gasteiger partial charge in [-0.3, -0.25) is 0 Å². The number of rotatable bonds is 5. The summed E-state index contributed by atoms with van der Waals surface area (Å²) in [5.41, 5.74) is 1.48. The second-order valence-electron chi connectivity index (χ2n) is 4.05. The number of aromatic nitrogens is 2. The Balaban J connectivity index is 2.21. The molecule has 0 fully saturated rings. The van der Waals surface area contributed by atoms with Crippen LogP contribution in [0.25, 0.3) is 0 Å². The largest absolute Gasteiger partial charge is 0.396 e. The van der Waals surface area contributed by atoms with Gasteiger partial charge in [-0.2, -0.15) is 0 Å². The van der Waals surface area contributed by atoms with Crippen molar-refractivity contribution in [2.45, 2.75) is 11.3 Å². The first-order valence-corrected chi connectivity index (χ1v) is 7.18. The number of nitrogens with zero attached hydrogens (tertiary/aromatic N) is 2. The Morgan fingerprint density at radius 1 is 1.37 bits per heavy atom. The number of aliphatic hydroxyl groups excluding tert-OH is 2. The summed E-state index contributed by atoms with van der Waals surface area (Å²) in [5.74, 6) is 0.585. The molecular formula is C13H15ClN2O2S. The molecule has 102 valence electrons. The van der Waals surface area contributed by atoms with Gasteiger partial charge in [0.25, 0.3) is 0 Å². The first-order valence-electron chi connectivity index (χ1n) is 5.82. The fourth-order valence-electron chi connectivity index (χ4n) is 1.75. The van der Waals surface area contributed by atoms with Gasteiger partial charge < -0.3 is 14.8 Å². The standard InChI is InChI=1S/C13H15ClN2O2S/c1-16-11(8-15-13(16)19-7-6-17)12(18)9-2-4-10(14)5-3-9/h2-5,8,12,17-18H,6-7H2,1H3. The van der Waals surface area contributed by atoms with E-state index in [9.17, 15) is 5.11 Å². The van der Waals surface area contributed by atoms with Gasteiger partial charge in [0.2, 0.25) is 0 Å². The van der Waals surface area contributed by atoms with Crippen molar-refractivity contribution in [1.29, 1.82) is 0 Å². The van der Waals surface area contributed by atoms with E-state index in [1.165, 1.54) is 11.8 Å². The molecule has 0 aliphatic carbocycles. The van der Waals surface area contributed by atoms with E-state index in [4.69, 9.17) is 16.7 Å². The van der Waals surface area contributed by atoms with Crippen molar-refractivity contribution in [1.82, 2.24) is 9.55 Å². The third-order valence-corrected chi connectivity index (χ3v) is 4.05. The fourth-order valence-corrected chi connectivity index (χ4v) is 2.57. The first-order chi connectivity index (χ1) is 9.13. The second kappa shape index (κ2) is 6.43. The molecule has 4 nitrogen and oxygen atoms in total. The molecule has 2 rings (SSSR count). The zero-order chi connectivity index (χ0) is 13.8. The van der Waals surface area contributed by atoms with E-state index in [0.717, 1.165) is 10.7 Å². The molecular weight excluding hydrogens is 284 g/mol. The fraction of sp³-hybridized carbons (Fsp3) is 0.308. The molecule has 2 N–H and O–H groups in total. The molecule has 0 aliphatic rings. The highest BCUT2D eigenvalue weighted by atomic mass is 35.5. The van der Waals surface area contributed by atoms with E-state index in [1.54, 1.807) is 30.5 Å². The van der Waals surface area contributed by atoms with Crippen LogP contribution >= 0.6 is 23.4 Å². The Hall–Kier alpha value is -1.01. The van der Waals surface area contributed by atoms with Gasteiger partial charge in [-0.05, 0) is 17.7 Å². The summed E-state index contributed by atoms with van der Waals surface area (Å²) < 4.78 is 1.83. The van der Waals surface area contributed by atoms with Gasteiger partial charge >= 0.3 is 0 Å². The van der Waals surface area contributed by atoms with Crippen LogP contribution in [-0.2, 0) is 7.05 Å². The molecule has 0 amide bonds. The molecule has 1 aromatic carbocycles. The molecule has 1 heterocycles. The Kier molecular flexibility index (Phi) is 4.87. The van der Waals surface area contributed by atoms with E-state index in [2.05, 4.69) is 4.98 Å². The number of thioether (sulfide) groups is 1. The molecule has 1 atom stereocenters. The van der Waals surface area contributed by atoms with Crippen molar-refractivity contribution < 1.29 is 10.2 Å². The number of imidazole rings is 1. The molecule has 0 saturated heterocycles. The molecule has 19 heavy (non-hydrogen) atoms. The maximum Gasteiger partial charge on any atom is 0.168 e. The van der Waals surface area contributed by atoms with Crippen molar-refractivity contribution in [3.63, 3.8) is 0 Å². The predicted molar refractivity (Wildman–Crippen MR) is 76.5 cm³/mol. The van der Waals surface area contributed by atoms with Crippen LogP contribution in [0.1, 0.15) is 17.4 Å². The highest BCUT2D eigenvalue weighted by molar-refractivity contribution is 7.99. The van der Waals surface area contributed by atoms with Crippen LogP contribution in [0.2, 0.25) is 5.02 Å². The third-order valence-electron chi connectivity index (χ3n) is 2.77. The molecule has 0 saturated carbocycles. The second-order valence-corrected chi connectivity index (χ2v) is 5.55. The summed E-state index contributed by atoms with van der Waals surface area (Å²) in [5, 5.41) is 20.6. The Bertz CT molecular complexity index is 542. The van der Waals surface area contributed by atoms with E-state index in [1.807, 2.05) is 11.6 Å². The highest BCUT2D eigenvalue weighted by Gasteiger charge is 2.16. The van der Waals surface area contributed by atoms with Crippen LogP contribution in [0.3, 0.4) is 0 Å². The minimum Gasteiger partial charge on any atom is -0.396 e. The van der Waals surface area contributed by atoms with Crippen molar-refractivity contribution in [3.8, 4) is 0 Å². The number of halogens is 1. The minimum atomic E-state index is -0.738. The van der Waals surface area contributed by atoms with E-state index >= 15 is 0 Å². The summed E-state index contributed by atoms with van der Waals surface area (Å²) in [6.45, 7) is 0.104. The average molecular weight is 299 g/mol. The Labute approximate surface area is 121 Å². The smallest absolute Gasteiger partial charge is 0.168 e. The summed E-state index contributed by atoms with van der Waals surface area (Å²) >= 11 is 7.28. The van der Waals surface area contributed by atoms with Crippen LogP contribution in [0, 0.1) is 0 Å². The topological polar surface area (TPSA) is 58.3 Å². The van der Waals surface area contributed by atoms with Crippen molar-refractivity contribution in [3.05, 3.63) is 46.7 Å². The van der Waals surface area contributed by atoms with Gasteiger partial charge in [-0.25, -0.2) is 4.98 Å². The van der Waals surface area contributed by atoms with Crippen LogP contribution in [0.15, 0.2) is 35.6 Å². The van der Waals surface area contributed by atoms with Gasteiger partial charge in [0.1, 0.15) is 6.10 Å². The van der Waals surface area contributed by atoms with Gasteiger partial charge in [-0.1, -0.05) is 35.5 Å². The molecule has 0 radical (unpaired) electrons. The van der Waals surface area contributed by atoms with Crippen LogP contribution in [-0.4, -0.2) is 32.1 Å². The first kappa shape index (κ1) is 14.4. The monoisotopic (exact) mass is 298 g/mol. The van der Waals surface area contributed by atoms with Gasteiger partial charge in [0, 0.05) is 17.8 Å². The highest BCUT2D eigenvalue weighted by Crippen LogP contribution is 2.26. The number of benzene rings is 1. The van der Waals surface area contributed by atoms with Crippen LogP contribution < -0.4 is 0 Å². The van der Waals surface area contributed by atoms with Gasteiger partial charge in [0.15, 0.2) is 5.16 Å². The zero-order valence-corrected chi connectivity index (χ0v) is 12.0. The molecule has 0 bridgehead atoms. The van der Waals surface area contributed by atoms with Crippen molar-refractivity contribution in [2.75, 3.05) is 12.4 Å². The number of hydrogen-bond acceptors (Lipinski definition) is 4. The predicted octanol–water partition coefficient (Wildman–Crippen LogP) is 2.24. The lowest BCUT2D eigenvalue weighted by molar-refractivity contribution is 0.210. The van der Waals surface area contributed by atoms with Crippen LogP contribution in [0.5, 0.6) is 0 Å². The molecule has 0 spiro atoms. The molecule has 6 heteroatoms. The summed E-state index contributed by atoms with van der Waals surface area (Å²) in [6, 6.07) is 7.08. The lowest BCUT2D eigenvalue weighted by atomic mass is 10.1. The summed E-state index contributed by atoms with van der Waals surface area (Å²) in [7, 11) is 1.85. The maximum atomic E-state index is 10.3. The summed E-state index contributed by atoms with van der Waals surface area (Å²) in [6.07, 6.45) is 0.914. The number of hydrogen-bond donors (Lipinski definition) is 2. The van der Waals surface area contributed by atoms with Crippen molar-refractivity contribution in [2.24, 2.45) is 7.05 Å². The van der Waals surface area contributed by atoms with Gasteiger partial charge in [0.05, 0.1) is 18.5 Å². The normalized spacial score (nSPS) is 12.6. The third kappa shape index (κ3) is 3.30. The van der Waals surface area contributed by atoms with E-state index in [-0.39, 0.29) is 6.61 Å². The van der Waals surface area contributed by atoms with Gasteiger partial charge in [-0.15, -0.1) is 0 Å². The van der Waals surface area contributed by atoms with Crippen molar-refractivity contribution >= 4 is 23.4 Å².